The fourth-order valence-corrected chi connectivity index (χ4v) is 2.30. The van der Waals surface area contributed by atoms with Gasteiger partial charge in [0.1, 0.15) is 0 Å². The molecule has 1 saturated heterocycles. The lowest BCUT2D eigenvalue weighted by molar-refractivity contribution is -0.0841. The smallest absolute Gasteiger partial charge is 0.0658 e. The summed E-state index contributed by atoms with van der Waals surface area (Å²) in [6.45, 7) is 2.05. The Labute approximate surface area is 79.3 Å². The molecule has 3 heteroatoms. The molecule has 2 unspecified atom stereocenters. The van der Waals surface area contributed by atoms with Gasteiger partial charge in [0.25, 0.3) is 0 Å². The van der Waals surface area contributed by atoms with Crippen molar-refractivity contribution in [3.05, 3.63) is 0 Å². The third-order valence-electron chi connectivity index (χ3n) is 3.46. The van der Waals surface area contributed by atoms with Crippen LogP contribution in [0.5, 0.6) is 0 Å². The van der Waals surface area contributed by atoms with Gasteiger partial charge in [-0.25, -0.2) is 0 Å². The van der Waals surface area contributed by atoms with Gasteiger partial charge in [0.15, 0.2) is 0 Å². The second-order valence-electron chi connectivity index (χ2n) is 4.50. The van der Waals surface area contributed by atoms with Crippen LogP contribution in [0, 0.1) is 11.3 Å². The van der Waals surface area contributed by atoms with Crippen molar-refractivity contribution >= 4 is 0 Å². The Balaban J connectivity index is 2.02. The maximum atomic E-state index is 10.1. The van der Waals surface area contributed by atoms with Crippen molar-refractivity contribution in [3.63, 3.8) is 0 Å². The van der Waals surface area contributed by atoms with Crippen LogP contribution in [-0.4, -0.2) is 31.0 Å². The summed E-state index contributed by atoms with van der Waals surface area (Å²) in [7, 11) is 0. The SMILES string of the molecule is NCC1(C(O)C2CC2)CCCOC1. The van der Waals surface area contributed by atoms with E-state index in [0.717, 1.165) is 19.4 Å². The van der Waals surface area contributed by atoms with Crippen LogP contribution in [0.3, 0.4) is 0 Å². The van der Waals surface area contributed by atoms with Gasteiger partial charge in [0.05, 0.1) is 12.7 Å². The van der Waals surface area contributed by atoms with E-state index < -0.39 is 0 Å². The molecule has 2 aliphatic rings. The predicted molar refractivity (Wildman–Crippen MR) is 50.3 cm³/mol. The highest BCUT2D eigenvalue weighted by Crippen LogP contribution is 2.43. The molecular weight excluding hydrogens is 166 g/mol. The summed E-state index contributed by atoms with van der Waals surface area (Å²) in [5.41, 5.74) is 5.64. The fourth-order valence-electron chi connectivity index (χ4n) is 2.30. The highest BCUT2D eigenvalue weighted by Gasteiger charge is 2.46. The van der Waals surface area contributed by atoms with E-state index in [1.54, 1.807) is 0 Å². The molecule has 0 aromatic carbocycles. The molecule has 13 heavy (non-hydrogen) atoms. The van der Waals surface area contributed by atoms with Crippen molar-refractivity contribution in [1.82, 2.24) is 0 Å². The number of nitrogens with two attached hydrogens (primary N) is 1. The molecule has 2 atom stereocenters. The van der Waals surface area contributed by atoms with Gasteiger partial charge in [-0.05, 0) is 31.6 Å². The van der Waals surface area contributed by atoms with E-state index in [0.29, 0.717) is 19.1 Å². The van der Waals surface area contributed by atoms with Crippen molar-refractivity contribution in [3.8, 4) is 0 Å². The van der Waals surface area contributed by atoms with E-state index in [4.69, 9.17) is 10.5 Å². The van der Waals surface area contributed by atoms with Crippen molar-refractivity contribution in [1.29, 1.82) is 0 Å². The molecule has 0 radical (unpaired) electrons. The quantitative estimate of drug-likeness (QED) is 0.673. The minimum atomic E-state index is -0.224. The Kier molecular flexibility index (Phi) is 2.58. The number of aliphatic hydroxyl groups excluding tert-OH is 1. The molecule has 1 heterocycles. The van der Waals surface area contributed by atoms with Crippen LogP contribution in [-0.2, 0) is 4.74 Å². The Bertz CT molecular complexity index is 174. The summed E-state index contributed by atoms with van der Waals surface area (Å²) in [5, 5.41) is 10.1. The Morgan fingerprint density at radius 3 is 2.77 bits per heavy atom. The average Bonchev–Trinajstić information content (AvgIpc) is 3.01. The van der Waals surface area contributed by atoms with Crippen LogP contribution in [0.15, 0.2) is 0 Å². The third-order valence-corrected chi connectivity index (χ3v) is 3.46. The highest BCUT2D eigenvalue weighted by molar-refractivity contribution is 4.96. The van der Waals surface area contributed by atoms with Crippen molar-refractivity contribution in [2.24, 2.45) is 17.1 Å². The molecule has 1 aliphatic carbocycles. The number of ether oxygens (including phenoxy) is 1. The van der Waals surface area contributed by atoms with E-state index in [9.17, 15) is 5.11 Å². The molecule has 1 aliphatic heterocycles. The Hall–Kier alpha value is -0.120. The van der Waals surface area contributed by atoms with E-state index in [2.05, 4.69) is 0 Å². The minimum Gasteiger partial charge on any atom is -0.392 e. The first-order chi connectivity index (χ1) is 6.28. The summed E-state index contributed by atoms with van der Waals surface area (Å²) in [6, 6.07) is 0. The molecule has 76 valence electrons. The Morgan fingerprint density at radius 2 is 2.31 bits per heavy atom. The number of aliphatic hydroxyl groups is 1. The summed E-state index contributed by atoms with van der Waals surface area (Å²) in [6.07, 6.45) is 4.19. The molecular formula is C10H19NO2. The standard InChI is InChI=1S/C10H19NO2/c11-6-10(4-1-5-13-7-10)9(12)8-2-3-8/h8-9,12H,1-7,11H2. The molecule has 0 bridgehead atoms. The molecule has 0 aromatic rings. The van der Waals surface area contributed by atoms with Crippen LogP contribution in [0.25, 0.3) is 0 Å². The molecule has 2 rings (SSSR count). The van der Waals surface area contributed by atoms with Gasteiger partial charge in [-0.3, -0.25) is 0 Å². The number of rotatable bonds is 3. The van der Waals surface area contributed by atoms with Gasteiger partial charge in [0.2, 0.25) is 0 Å². The zero-order valence-electron chi connectivity index (χ0n) is 8.04. The van der Waals surface area contributed by atoms with Gasteiger partial charge in [-0.1, -0.05) is 0 Å². The summed E-state index contributed by atoms with van der Waals surface area (Å²) in [4.78, 5) is 0. The maximum Gasteiger partial charge on any atom is 0.0658 e. The van der Waals surface area contributed by atoms with Gasteiger partial charge >= 0.3 is 0 Å². The monoisotopic (exact) mass is 185 g/mol. The summed E-state index contributed by atoms with van der Waals surface area (Å²) >= 11 is 0. The van der Waals surface area contributed by atoms with Crippen molar-refractivity contribution < 1.29 is 9.84 Å². The summed E-state index contributed by atoms with van der Waals surface area (Å²) < 4.78 is 5.44. The van der Waals surface area contributed by atoms with E-state index >= 15 is 0 Å². The first-order valence-corrected chi connectivity index (χ1v) is 5.24. The zero-order chi connectivity index (χ0) is 9.31. The molecule has 0 amide bonds. The van der Waals surface area contributed by atoms with Crippen LogP contribution < -0.4 is 5.73 Å². The van der Waals surface area contributed by atoms with Crippen LogP contribution >= 0.6 is 0 Å². The van der Waals surface area contributed by atoms with E-state index in [1.165, 1.54) is 12.8 Å². The van der Waals surface area contributed by atoms with E-state index in [-0.39, 0.29) is 11.5 Å². The normalized spacial score (nSPS) is 37.4. The molecule has 3 nitrogen and oxygen atoms in total. The van der Waals surface area contributed by atoms with Gasteiger partial charge in [-0.15, -0.1) is 0 Å². The number of hydrogen-bond acceptors (Lipinski definition) is 3. The van der Waals surface area contributed by atoms with Gasteiger partial charge in [-0.2, -0.15) is 0 Å². The van der Waals surface area contributed by atoms with Crippen LogP contribution in [0.4, 0.5) is 0 Å². The molecule has 0 aromatic heterocycles. The average molecular weight is 185 g/mol. The third kappa shape index (κ3) is 1.73. The summed E-state index contributed by atoms with van der Waals surface area (Å²) in [5.74, 6) is 0.505. The molecule has 1 saturated carbocycles. The first kappa shape index (κ1) is 9.44. The lowest BCUT2D eigenvalue weighted by atomic mass is 9.75. The Morgan fingerprint density at radius 1 is 1.54 bits per heavy atom. The topological polar surface area (TPSA) is 55.5 Å². The lowest BCUT2D eigenvalue weighted by Crippen LogP contribution is -2.48. The first-order valence-electron chi connectivity index (χ1n) is 5.24. The lowest BCUT2D eigenvalue weighted by Gasteiger charge is -2.40. The molecule has 0 spiro atoms. The number of hydrogen-bond donors (Lipinski definition) is 2. The van der Waals surface area contributed by atoms with Gasteiger partial charge < -0.3 is 15.6 Å². The zero-order valence-corrected chi connectivity index (χ0v) is 8.04. The van der Waals surface area contributed by atoms with Crippen LogP contribution in [0.2, 0.25) is 0 Å². The van der Waals surface area contributed by atoms with Crippen molar-refractivity contribution in [2.75, 3.05) is 19.8 Å². The fraction of sp³-hybridized carbons (Fsp3) is 1.00. The largest absolute Gasteiger partial charge is 0.392 e. The van der Waals surface area contributed by atoms with Gasteiger partial charge in [0, 0.05) is 18.6 Å². The minimum absolute atomic E-state index is 0.126. The molecule has 3 N–H and O–H groups in total. The molecule has 2 fully saturated rings. The second kappa shape index (κ2) is 3.56. The van der Waals surface area contributed by atoms with Crippen LogP contribution in [0.1, 0.15) is 25.7 Å². The maximum absolute atomic E-state index is 10.1. The van der Waals surface area contributed by atoms with Crippen molar-refractivity contribution in [2.45, 2.75) is 31.8 Å². The predicted octanol–water partition coefficient (Wildman–Crippen LogP) is 0.513. The van der Waals surface area contributed by atoms with E-state index in [1.807, 2.05) is 0 Å². The second-order valence-corrected chi connectivity index (χ2v) is 4.50. The highest BCUT2D eigenvalue weighted by atomic mass is 16.5.